The van der Waals surface area contributed by atoms with Gasteiger partial charge in [-0.2, -0.15) is 0 Å². The maximum atomic E-state index is 5.89. The molecule has 0 saturated carbocycles. The zero-order valence-electron chi connectivity index (χ0n) is 16.3. The number of aryl methyl sites for hydroxylation is 1. The van der Waals surface area contributed by atoms with E-state index >= 15 is 0 Å². The van der Waals surface area contributed by atoms with Crippen LogP contribution < -0.4 is 15.4 Å². The fourth-order valence-electron chi connectivity index (χ4n) is 2.92. The van der Waals surface area contributed by atoms with Crippen LogP contribution in [0.25, 0.3) is 0 Å². The lowest BCUT2D eigenvalue weighted by Gasteiger charge is -2.16. The molecule has 0 spiro atoms. The predicted octanol–water partition coefficient (Wildman–Crippen LogP) is 2.64. The van der Waals surface area contributed by atoms with Crippen molar-refractivity contribution in [1.82, 2.24) is 10.6 Å². The SMILES string of the molecule is CCOCCOc1cc(C)ccc1CNC(=NC)NCCC1CCCO1. The third-order valence-corrected chi connectivity index (χ3v) is 4.36. The van der Waals surface area contributed by atoms with E-state index in [0.717, 1.165) is 36.8 Å². The van der Waals surface area contributed by atoms with Gasteiger partial charge in [0.15, 0.2) is 5.96 Å². The van der Waals surface area contributed by atoms with E-state index in [1.165, 1.54) is 18.4 Å². The smallest absolute Gasteiger partial charge is 0.191 e. The molecule has 0 radical (unpaired) electrons. The fraction of sp³-hybridized carbons (Fsp3) is 0.650. The van der Waals surface area contributed by atoms with Crippen molar-refractivity contribution in [1.29, 1.82) is 0 Å². The van der Waals surface area contributed by atoms with Crippen LogP contribution >= 0.6 is 0 Å². The minimum Gasteiger partial charge on any atom is -0.491 e. The maximum absolute atomic E-state index is 5.89. The van der Waals surface area contributed by atoms with Crippen LogP contribution in [0.3, 0.4) is 0 Å². The van der Waals surface area contributed by atoms with Gasteiger partial charge < -0.3 is 24.8 Å². The van der Waals surface area contributed by atoms with Crippen molar-refractivity contribution in [2.45, 2.75) is 45.8 Å². The van der Waals surface area contributed by atoms with Gasteiger partial charge in [0.05, 0.1) is 12.7 Å². The van der Waals surface area contributed by atoms with Crippen molar-refractivity contribution in [2.75, 3.05) is 40.0 Å². The van der Waals surface area contributed by atoms with Gasteiger partial charge in [0.1, 0.15) is 12.4 Å². The molecule has 1 unspecified atom stereocenters. The summed E-state index contributed by atoms with van der Waals surface area (Å²) in [6, 6.07) is 6.26. The lowest BCUT2D eigenvalue weighted by molar-refractivity contribution is 0.105. The second-order valence-electron chi connectivity index (χ2n) is 6.43. The van der Waals surface area contributed by atoms with E-state index in [1.807, 2.05) is 6.92 Å². The summed E-state index contributed by atoms with van der Waals surface area (Å²) in [5.41, 5.74) is 2.29. The van der Waals surface area contributed by atoms with Gasteiger partial charge in [0, 0.05) is 38.9 Å². The van der Waals surface area contributed by atoms with Crippen LogP contribution in [0.5, 0.6) is 5.75 Å². The molecule has 0 aliphatic carbocycles. The Morgan fingerprint density at radius 3 is 2.92 bits per heavy atom. The van der Waals surface area contributed by atoms with Crippen molar-refractivity contribution in [3.8, 4) is 5.75 Å². The van der Waals surface area contributed by atoms with Crippen LogP contribution in [0.2, 0.25) is 0 Å². The summed E-state index contributed by atoms with van der Waals surface area (Å²) in [6.07, 6.45) is 3.75. The first-order valence-electron chi connectivity index (χ1n) is 9.59. The lowest BCUT2D eigenvalue weighted by Crippen LogP contribution is -2.38. The van der Waals surface area contributed by atoms with Crippen LogP contribution in [0.15, 0.2) is 23.2 Å². The Morgan fingerprint density at radius 1 is 1.31 bits per heavy atom. The van der Waals surface area contributed by atoms with Gasteiger partial charge in [-0.25, -0.2) is 0 Å². The Kier molecular flexibility index (Phi) is 9.28. The molecular weight excluding hydrogens is 330 g/mol. The first-order valence-corrected chi connectivity index (χ1v) is 9.59. The van der Waals surface area contributed by atoms with E-state index in [9.17, 15) is 0 Å². The first-order chi connectivity index (χ1) is 12.7. The summed E-state index contributed by atoms with van der Waals surface area (Å²) in [7, 11) is 1.79. The summed E-state index contributed by atoms with van der Waals surface area (Å²) in [5.74, 6) is 1.69. The summed E-state index contributed by atoms with van der Waals surface area (Å²) >= 11 is 0. The molecule has 2 rings (SSSR count). The van der Waals surface area contributed by atoms with E-state index in [-0.39, 0.29) is 0 Å². The topological polar surface area (TPSA) is 64.1 Å². The number of ether oxygens (including phenoxy) is 3. The molecule has 1 fully saturated rings. The number of rotatable bonds is 10. The van der Waals surface area contributed by atoms with E-state index in [4.69, 9.17) is 14.2 Å². The molecule has 1 saturated heterocycles. The third-order valence-electron chi connectivity index (χ3n) is 4.36. The van der Waals surface area contributed by atoms with Crippen molar-refractivity contribution in [3.63, 3.8) is 0 Å². The Labute approximate surface area is 157 Å². The maximum Gasteiger partial charge on any atom is 0.191 e. The van der Waals surface area contributed by atoms with Gasteiger partial charge in [-0.15, -0.1) is 0 Å². The Bertz CT molecular complexity index is 557. The zero-order valence-corrected chi connectivity index (χ0v) is 16.3. The molecule has 0 bridgehead atoms. The molecule has 1 aliphatic rings. The minimum atomic E-state index is 0.392. The van der Waals surface area contributed by atoms with E-state index in [2.05, 4.69) is 40.7 Å². The summed E-state index contributed by atoms with van der Waals surface area (Å²) in [4.78, 5) is 4.29. The molecule has 1 aliphatic heterocycles. The Balaban J connectivity index is 1.79. The van der Waals surface area contributed by atoms with Crippen LogP contribution in [0.1, 0.15) is 37.3 Å². The van der Waals surface area contributed by atoms with Crippen molar-refractivity contribution < 1.29 is 14.2 Å². The number of hydrogen-bond donors (Lipinski definition) is 2. The molecule has 0 amide bonds. The summed E-state index contributed by atoms with van der Waals surface area (Å²) in [5, 5.41) is 6.71. The van der Waals surface area contributed by atoms with E-state index in [0.29, 0.717) is 32.5 Å². The van der Waals surface area contributed by atoms with Crippen LogP contribution in [0, 0.1) is 6.92 Å². The molecule has 0 aromatic heterocycles. The highest BCUT2D eigenvalue weighted by Crippen LogP contribution is 2.20. The van der Waals surface area contributed by atoms with Gasteiger partial charge in [0.2, 0.25) is 0 Å². The molecule has 6 heteroatoms. The fourth-order valence-corrected chi connectivity index (χ4v) is 2.92. The normalized spacial score (nSPS) is 17.3. The standard InChI is InChI=1S/C20H33N3O3/c1-4-24-12-13-26-19-14-16(2)7-8-17(19)15-23-20(21-3)22-10-9-18-6-5-11-25-18/h7-8,14,18H,4-6,9-13,15H2,1-3H3,(H2,21,22,23). The predicted molar refractivity (Wildman–Crippen MR) is 105 cm³/mol. The highest BCUT2D eigenvalue weighted by molar-refractivity contribution is 5.79. The largest absolute Gasteiger partial charge is 0.491 e. The second kappa shape index (κ2) is 11.8. The molecule has 2 N–H and O–H groups in total. The molecular formula is C20H33N3O3. The zero-order chi connectivity index (χ0) is 18.6. The van der Waals surface area contributed by atoms with Crippen LogP contribution in [0.4, 0.5) is 0 Å². The van der Waals surface area contributed by atoms with Gasteiger partial charge >= 0.3 is 0 Å². The highest BCUT2D eigenvalue weighted by atomic mass is 16.5. The van der Waals surface area contributed by atoms with Gasteiger partial charge in [-0.05, 0) is 44.7 Å². The van der Waals surface area contributed by atoms with Crippen LogP contribution in [-0.4, -0.2) is 52.1 Å². The third kappa shape index (κ3) is 7.22. The van der Waals surface area contributed by atoms with Crippen molar-refractivity contribution in [3.05, 3.63) is 29.3 Å². The lowest BCUT2D eigenvalue weighted by atomic mass is 10.1. The van der Waals surface area contributed by atoms with Crippen LogP contribution in [-0.2, 0) is 16.0 Å². The number of nitrogens with one attached hydrogen (secondary N) is 2. The average Bonchev–Trinajstić information content (AvgIpc) is 3.16. The van der Waals surface area contributed by atoms with Gasteiger partial charge in [-0.3, -0.25) is 4.99 Å². The van der Waals surface area contributed by atoms with E-state index < -0.39 is 0 Å². The number of benzene rings is 1. The van der Waals surface area contributed by atoms with Crippen molar-refractivity contribution >= 4 is 5.96 Å². The number of hydrogen-bond acceptors (Lipinski definition) is 4. The minimum absolute atomic E-state index is 0.392. The quantitative estimate of drug-likeness (QED) is 0.380. The highest BCUT2D eigenvalue weighted by Gasteiger charge is 2.14. The number of aliphatic imine (C=N–C) groups is 1. The molecule has 146 valence electrons. The van der Waals surface area contributed by atoms with Gasteiger partial charge in [-0.1, -0.05) is 12.1 Å². The molecule has 1 atom stereocenters. The monoisotopic (exact) mass is 363 g/mol. The average molecular weight is 364 g/mol. The molecule has 1 aromatic rings. The first kappa shape index (κ1) is 20.5. The molecule has 6 nitrogen and oxygen atoms in total. The molecule has 1 aromatic carbocycles. The van der Waals surface area contributed by atoms with Gasteiger partial charge in [0.25, 0.3) is 0 Å². The molecule has 1 heterocycles. The van der Waals surface area contributed by atoms with Crippen molar-refractivity contribution in [2.24, 2.45) is 4.99 Å². The number of guanidine groups is 1. The Morgan fingerprint density at radius 2 is 2.19 bits per heavy atom. The second-order valence-corrected chi connectivity index (χ2v) is 6.43. The number of nitrogens with zero attached hydrogens (tertiary/aromatic N) is 1. The summed E-state index contributed by atoms with van der Waals surface area (Å²) in [6.45, 7) is 8.33. The molecule has 26 heavy (non-hydrogen) atoms. The summed E-state index contributed by atoms with van der Waals surface area (Å²) < 4.78 is 16.9. The van der Waals surface area contributed by atoms with E-state index in [1.54, 1.807) is 7.05 Å². The Hall–Kier alpha value is -1.79.